The Hall–Kier alpha value is -2.28. The van der Waals surface area contributed by atoms with Crippen LogP contribution >= 0.6 is 0 Å². The van der Waals surface area contributed by atoms with Gasteiger partial charge in [-0.05, 0) is 35.1 Å². The molecule has 0 aliphatic carbocycles. The van der Waals surface area contributed by atoms with Gasteiger partial charge in [0.15, 0.2) is 0 Å². The topological polar surface area (TPSA) is 13.1 Å². The van der Waals surface area contributed by atoms with E-state index in [2.05, 4.69) is 68.4 Å². The van der Waals surface area contributed by atoms with Crippen LogP contribution in [-0.4, -0.2) is 0 Å². The molecule has 0 saturated carbocycles. The normalized spacial score (nSPS) is 11.9. The third-order valence-corrected chi connectivity index (χ3v) is 4.05. The average molecular weight is 260 g/mol. The highest BCUT2D eigenvalue weighted by Gasteiger charge is 2.11. The first-order valence-corrected chi connectivity index (χ1v) is 7.08. The number of hydrogen-bond acceptors (Lipinski definition) is 1. The number of furan rings is 1. The van der Waals surface area contributed by atoms with E-state index in [-0.39, 0.29) is 0 Å². The van der Waals surface area contributed by atoms with Crippen LogP contribution in [0.25, 0.3) is 32.7 Å². The quantitative estimate of drug-likeness (QED) is 0.417. The van der Waals surface area contributed by atoms with Crippen LogP contribution in [0.2, 0.25) is 0 Å². The van der Waals surface area contributed by atoms with Gasteiger partial charge in [-0.1, -0.05) is 50.2 Å². The van der Waals surface area contributed by atoms with Crippen LogP contribution in [0.1, 0.15) is 25.3 Å². The summed E-state index contributed by atoms with van der Waals surface area (Å²) in [6.45, 7) is 4.44. The zero-order valence-corrected chi connectivity index (χ0v) is 11.7. The molecule has 3 aromatic carbocycles. The second-order valence-electron chi connectivity index (χ2n) is 5.68. The molecule has 0 bridgehead atoms. The molecule has 1 heteroatoms. The van der Waals surface area contributed by atoms with Crippen LogP contribution in [0, 0.1) is 0 Å². The predicted molar refractivity (Wildman–Crippen MR) is 85.3 cm³/mol. The summed E-state index contributed by atoms with van der Waals surface area (Å²) in [5, 5.41) is 4.84. The Bertz CT molecular complexity index is 928. The maximum atomic E-state index is 6.10. The van der Waals surface area contributed by atoms with Crippen molar-refractivity contribution in [3.05, 3.63) is 60.2 Å². The Morgan fingerprint density at radius 3 is 2.50 bits per heavy atom. The predicted octanol–water partition coefficient (Wildman–Crippen LogP) is 5.86. The zero-order valence-electron chi connectivity index (χ0n) is 11.7. The first-order valence-electron chi connectivity index (χ1n) is 7.08. The lowest BCUT2D eigenvalue weighted by atomic mass is 10.00. The van der Waals surface area contributed by atoms with Gasteiger partial charge in [0.1, 0.15) is 11.2 Å². The van der Waals surface area contributed by atoms with Gasteiger partial charge in [0.05, 0.1) is 0 Å². The van der Waals surface area contributed by atoms with Gasteiger partial charge in [-0.2, -0.15) is 0 Å². The van der Waals surface area contributed by atoms with Gasteiger partial charge in [0, 0.05) is 16.2 Å². The molecule has 4 rings (SSSR count). The molecule has 0 saturated heterocycles. The van der Waals surface area contributed by atoms with Crippen molar-refractivity contribution in [3.8, 4) is 0 Å². The number of benzene rings is 3. The Balaban J connectivity index is 2.16. The van der Waals surface area contributed by atoms with Crippen molar-refractivity contribution in [2.75, 3.05) is 0 Å². The molecule has 4 aromatic rings. The van der Waals surface area contributed by atoms with Crippen LogP contribution in [-0.2, 0) is 0 Å². The molecule has 0 spiro atoms. The minimum absolute atomic E-state index is 0.532. The van der Waals surface area contributed by atoms with Crippen LogP contribution in [0.15, 0.2) is 59.0 Å². The smallest absolute Gasteiger partial charge is 0.143 e. The molecule has 0 aliphatic rings. The van der Waals surface area contributed by atoms with E-state index in [0.29, 0.717) is 5.92 Å². The lowest BCUT2D eigenvalue weighted by Crippen LogP contribution is -1.85. The summed E-state index contributed by atoms with van der Waals surface area (Å²) in [4.78, 5) is 0. The molecule has 0 radical (unpaired) electrons. The van der Waals surface area contributed by atoms with E-state index in [1.165, 1.54) is 27.1 Å². The van der Waals surface area contributed by atoms with Gasteiger partial charge in [-0.25, -0.2) is 0 Å². The van der Waals surface area contributed by atoms with Crippen molar-refractivity contribution in [1.82, 2.24) is 0 Å². The summed E-state index contributed by atoms with van der Waals surface area (Å²) in [5.41, 5.74) is 3.33. The molecule has 98 valence electrons. The van der Waals surface area contributed by atoms with Gasteiger partial charge >= 0.3 is 0 Å². The highest BCUT2D eigenvalue weighted by molar-refractivity contribution is 6.15. The highest BCUT2D eigenvalue weighted by atomic mass is 16.3. The van der Waals surface area contributed by atoms with Crippen molar-refractivity contribution in [2.24, 2.45) is 0 Å². The lowest BCUT2D eigenvalue weighted by molar-refractivity contribution is 0.672. The van der Waals surface area contributed by atoms with Gasteiger partial charge in [-0.3, -0.25) is 0 Å². The summed E-state index contributed by atoms with van der Waals surface area (Å²) in [6, 6.07) is 19.3. The van der Waals surface area contributed by atoms with Crippen molar-refractivity contribution in [1.29, 1.82) is 0 Å². The number of hydrogen-bond donors (Lipinski definition) is 0. The third kappa shape index (κ3) is 1.56. The summed E-state index contributed by atoms with van der Waals surface area (Å²) in [7, 11) is 0. The third-order valence-electron chi connectivity index (χ3n) is 4.05. The molecule has 0 fully saturated rings. The van der Waals surface area contributed by atoms with Gasteiger partial charge in [0.25, 0.3) is 0 Å². The Morgan fingerprint density at radius 2 is 1.65 bits per heavy atom. The SMILES string of the molecule is CC(C)c1ccc2oc3c4ccccc4ccc3c2c1. The maximum Gasteiger partial charge on any atom is 0.143 e. The monoisotopic (exact) mass is 260 g/mol. The molecular weight excluding hydrogens is 244 g/mol. The second-order valence-corrected chi connectivity index (χ2v) is 5.68. The minimum atomic E-state index is 0.532. The summed E-state index contributed by atoms with van der Waals surface area (Å²) >= 11 is 0. The molecule has 0 unspecified atom stereocenters. The van der Waals surface area contributed by atoms with Crippen molar-refractivity contribution >= 4 is 32.7 Å². The highest BCUT2D eigenvalue weighted by Crippen LogP contribution is 2.35. The van der Waals surface area contributed by atoms with E-state index in [0.717, 1.165) is 11.2 Å². The summed E-state index contributed by atoms with van der Waals surface area (Å²) < 4.78 is 6.10. The molecule has 20 heavy (non-hydrogen) atoms. The van der Waals surface area contributed by atoms with Crippen LogP contribution in [0.5, 0.6) is 0 Å². The van der Waals surface area contributed by atoms with E-state index in [1.54, 1.807) is 0 Å². The van der Waals surface area contributed by atoms with E-state index < -0.39 is 0 Å². The Kier molecular flexibility index (Phi) is 2.37. The minimum Gasteiger partial charge on any atom is -0.455 e. The van der Waals surface area contributed by atoms with Crippen molar-refractivity contribution in [3.63, 3.8) is 0 Å². The average Bonchev–Trinajstić information content (AvgIpc) is 2.85. The standard InChI is InChI=1S/C19H16O/c1-12(2)14-8-10-18-17(11-14)16-9-7-13-5-3-4-6-15(13)19(16)20-18/h3-12H,1-2H3. The first kappa shape index (κ1) is 11.5. The molecular formula is C19H16O. The number of rotatable bonds is 1. The largest absolute Gasteiger partial charge is 0.455 e. The second kappa shape index (κ2) is 4.11. The molecule has 0 N–H and O–H groups in total. The first-order chi connectivity index (χ1) is 9.74. The molecule has 1 nitrogen and oxygen atoms in total. The maximum absolute atomic E-state index is 6.10. The van der Waals surface area contributed by atoms with E-state index >= 15 is 0 Å². The fourth-order valence-electron chi connectivity index (χ4n) is 2.88. The summed E-state index contributed by atoms with van der Waals surface area (Å²) in [6.07, 6.45) is 0. The van der Waals surface area contributed by atoms with Crippen LogP contribution in [0.4, 0.5) is 0 Å². The van der Waals surface area contributed by atoms with E-state index in [4.69, 9.17) is 4.42 Å². The molecule has 0 amide bonds. The van der Waals surface area contributed by atoms with E-state index in [1.807, 2.05) is 0 Å². The molecule has 1 aromatic heterocycles. The lowest BCUT2D eigenvalue weighted by Gasteiger charge is -2.03. The molecule has 0 atom stereocenters. The van der Waals surface area contributed by atoms with Crippen LogP contribution < -0.4 is 0 Å². The Morgan fingerprint density at radius 1 is 0.800 bits per heavy atom. The van der Waals surface area contributed by atoms with Crippen LogP contribution in [0.3, 0.4) is 0 Å². The van der Waals surface area contributed by atoms with Crippen molar-refractivity contribution in [2.45, 2.75) is 19.8 Å². The van der Waals surface area contributed by atoms with Crippen molar-refractivity contribution < 1.29 is 4.42 Å². The van der Waals surface area contributed by atoms with E-state index in [9.17, 15) is 0 Å². The number of fused-ring (bicyclic) bond motifs is 5. The fourth-order valence-corrected chi connectivity index (χ4v) is 2.88. The van der Waals surface area contributed by atoms with Gasteiger partial charge in [-0.15, -0.1) is 0 Å². The van der Waals surface area contributed by atoms with Gasteiger partial charge in [0.2, 0.25) is 0 Å². The van der Waals surface area contributed by atoms with Gasteiger partial charge < -0.3 is 4.42 Å². The molecule has 1 heterocycles. The fraction of sp³-hybridized carbons (Fsp3) is 0.158. The molecule has 0 aliphatic heterocycles. The Labute approximate surface area is 117 Å². The summed E-state index contributed by atoms with van der Waals surface area (Å²) in [5.74, 6) is 0.532. The zero-order chi connectivity index (χ0) is 13.7.